The van der Waals surface area contributed by atoms with Crippen LogP contribution in [0.25, 0.3) is 0 Å². The number of halogens is 1. The summed E-state index contributed by atoms with van der Waals surface area (Å²) >= 11 is 0. The van der Waals surface area contributed by atoms with E-state index in [1.807, 2.05) is 6.08 Å². The molecule has 0 aliphatic heterocycles. The van der Waals surface area contributed by atoms with Crippen LogP contribution in [-0.4, -0.2) is 5.54 Å². The average molecular weight is 218 g/mol. The summed E-state index contributed by atoms with van der Waals surface area (Å²) in [6.07, 6.45) is 5.32. The number of hydrogen-bond acceptors (Lipinski definition) is 1. The highest BCUT2D eigenvalue weighted by molar-refractivity contribution is 5.85. The third-order valence-corrected chi connectivity index (χ3v) is 2.98. The van der Waals surface area contributed by atoms with Crippen LogP contribution in [0.1, 0.15) is 47.0 Å². The van der Waals surface area contributed by atoms with E-state index in [9.17, 15) is 0 Å². The molecule has 0 aromatic rings. The molecule has 2 heteroatoms. The van der Waals surface area contributed by atoms with Gasteiger partial charge in [-0.2, -0.15) is 0 Å². The quantitative estimate of drug-likeness (QED) is 0.669. The fraction of sp³-hybridized carbons (Fsp3) is 0.833. The molecule has 1 saturated carbocycles. The van der Waals surface area contributed by atoms with Gasteiger partial charge in [-0.1, -0.05) is 33.8 Å². The van der Waals surface area contributed by atoms with Crippen molar-refractivity contribution in [3.63, 3.8) is 0 Å². The van der Waals surface area contributed by atoms with Gasteiger partial charge in [-0.15, -0.1) is 19.0 Å². The molecule has 1 rings (SSSR count). The molecule has 1 fully saturated rings. The second-order valence-corrected chi connectivity index (χ2v) is 6.30. The molecule has 0 bridgehead atoms. The highest BCUT2D eigenvalue weighted by Gasteiger charge is 2.43. The molecular weight excluding hydrogens is 194 g/mol. The lowest BCUT2D eigenvalue weighted by atomic mass is 9.59. The maximum atomic E-state index is 6.29. The minimum atomic E-state index is -0.148. The summed E-state index contributed by atoms with van der Waals surface area (Å²) in [5.41, 5.74) is 6.85. The van der Waals surface area contributed by atoms with E-state index in [4.69, 9.17) is 5.73 Å². The summed E-state index contributed by atoms with van der Waals surface area (Å²) in [5, 5.41) is 0. The molecule has 0 radical (unpaired) electrons. The molecule has 0 aromatic heterocycles. The fourth-order valence-electron chi connectivity index (χ4n) is 3.41. The zero-order valence-corrected chi connectivity index (χ0v) is 10.7. The molecule has 2 N–H and O–H groups in total. The topological polar surface area (TPSA) is 26.0 Å². The SMILES string of the molecule is C=CC1(N)CC(C)(C)CC(C)(C)C1.Cl. The van der Waals surface area contributed by atoms with E-state index < -0.39 is 0 Å². The normalized spacial score (nSPS) is 27.5. The van der Waals surface area contributed by atoms with Crippen molar-refractivity contribution >= 4 is 12.4 Å². The monoisotopic (exact) mass is 217 g/mol. The minimum Gasteiger partial charge on any atom is -0.322 e. The standard InChI is InChI=1S/C12H23N.ClH/c1-6-12(13)8-10(2,3)7-11(4,5)9-12;/h6H,1,7-9,13H2,2-5H3;1H. The Kier molecular flexibility index (Phi) is 3.86. The minimum absolute atomic E-state index is 0. The van der Waals surface area contributed by atoms with Crippen molar-refractivity contribution in [3.8, 4) is 0 Å². The van der Waals surface area contributed by atoms with E-state index >= 15 is 0 Å². The van der Waals surface area contributed by atoms with Crippen LogP contribution in [0.5, 0.6) is 0 Å². The van der Waals surface area contributed by atoms with Gasteiger partial charge in [0.1, 0.15) is 0 Å². The molecule has 14 heavy (non-hydrogen) atoms. The Morgan fingerprint density at radius 2 is 1.36 bits per heavy atom. The zero-order chi connectivity index (χ0) is 10.3. The molecule has 0 heterocycles. The Balaban J connectivity index is 0.00000169. The number of hydrogen-bond donors (Lipinski definition) is 1. The molecule has 0 aromatic carbocycles. The lowest BCUT2D eigenvalue weighted by molar-refractivity contribution is 0.0700. The maximum Gasteiger partial charge on any atom is 0.0346 e. The first kappa shape index (κ1) is 14.0. The van der Waals surface area contributed by atoms with Crippen molar-refractivity contribution < 1.29 is 0 Å². The fourth-order valence-corrected chi connectivity index (χ4v) is 3.41. The van der Waals surface area contributed by atoms with Gasteiger partial charge in [-0.25, -0.2) is 0 Å². The summed E-state index contributed by atoms with van der Waals surface area (Å²) in [6, 6.07) is 0. The van der Waals surface area contributed by atoms with Crippen LogP contribution in [0.2, 0.25) is 0 Å². The molecule has 0 spiro atoms. The van der Waals surface area contributed by atoms with E-state index in [1.54, 1.807) is 0 Å². The molecule has 1 aliphatic carbocycles. The molecule has 0 unspecified atom stereocenters. The Hall–Kier alpha value is -0.0100. The van der Waals surface area contributed by atoms with E-state index in [2.05, 4.69) is 34.3 Å². The van der Waals surface area contributed by atoms with Gasteiger partial charge in [0.15, 0.2) is 0 Å². The average Bonchev–Trinajstić information content (AvgIpc) is 1.79. The van der Waals surface area contributed by atoms with Crippen LogP contribution < -0.4 is 5.73 Å². The Morgan fingerprint density at radius 1 is 1.00 bits per heavy atom. The Morgan fingerprint density at radius 3 is 1.64 bits per heavy atom. The maximum absolute atomic E-state index is 6.29. The zero-order valence-electron chi connectivity index (χ0n) is 9.89. The first-order valence-corrected chi connectivity index (χ1v) is 5.11. The lowest BCUT2D eigenvalue weighted by Gasteiger charge is -2.49. The van der Waals surface area contributed by atoms with Gasteiger partial charge in [0, 0.05) is 5.54 Å². The van der Waals surface area contributed by atoms with Gasteiger partial charge in [0.05, 0.1) is 0 Å². The lowest BCUT2D eigenvalue weighted by Crippen LogP contribution is -2.50. The first-order valence-electron chi connectivity index (χ1n) is 5.11. The van der Waals surface area contributed by atoms with Crippen LogP contribution >= 0.6 is 12.4 Å². The third-order valence-electron chi connectivity index (χ3n) is 2.98. The first-order chi connectivity index (χ1) is 5.68. The van der Waals surface area contributed by atoms with Crippen LogP contribution in [-0.2, 0) is 0 Å². The van der Waals surface area contributed by atoms with Crippen molar-refractivity contribution in [1.82, 2.24) is 0 Å². The smallest absolute Gasteiger partial charge is 0.0346 e. The highest BCUT2D eigenvalue weighted by Crippen LogP contribution is 2.49. The Bertz CT molecular complexity index is 202. The highest BCUT2D eigenvalue weighted by atomic mass is 35.5. The van der Waals surface area contributed by atoms with E-state index in [1.165, 1.54) is 6.42 Å². The third kappa shape index (κ3) is 3.29. The second-order valence-electron chi connectivity index (χ2n) is 6.30. The van der Waals surface area contributed by atoms with E-state index in [-0.39, 0.29) is 17.9 Å². The predicted molar refractivity (Wildman–Crippen MR) is 65.8 cm³/mol. The largest absolute Gasteiger partial charge is 0.322 e. The summed E-state index contributed by atoms with van der Waals surface area (Å²) in [6.45, 7) is 13.1. The summed E-state index contributed by atoms with van der Waals surface area (Å²) in [7, 11) is 0. The summed E-state index contributed by atoms with van der Waals surface area (Å²) in [5.74, 6) is 0. The number of rotatable bonds is 1. The number of nitrogens with two attached hydrogens (primary N) is 1. The van der Waals surface area contributed by atoms with Crippen LogP contribution in [0.3, 0.4) is 0 Å². The van der Waals surface area contributed by atoms with Crippen LogP contribution in [0.4, 0.5) is 0 Å². The van der Waals surface area contributed by atoms with Crippen molar-refractivity contribution in [3.05, 3.63) is 12.7 Å². The van der Waals surface area contributed by atoms with Crippen molar-refractivity contribution in [2.24, 2.45) is 16.6 Å². The molecule has 1 aliphatic rings. The summed E-state index contributed by atoms with van der Waals surface area (Å²) < 4.78 is 0. The van der Waals surface area contributed by atoms with Crippen molar-refractivity contribution in [2.75, 3.05) is 0 Å². The van der Waals surface area contributed by atoms with Crippen LogP contribution in [0.15, 0.2) is 12.7 Å². The van der Waals surface area contributed by atoms with Gasteiger partial charge >= 0.3 is 0 Å². The molecule has 0 amide bonds. The molecule has 0 atom stereocenters. The van der Waals surface area contributed by atoms with Crippen molar-refractivity contribution in [1.29, 1.82) is 0 Å². The van der Waals surface area contributed by atoms with Gasteiger partial charge in [0.25, 0.3) is 0 Å². The van der Waals surface area contributed by atoms with E-state index in [0.29, 0.717) is 10.8 Å². The summed E-state index contributed by atoms with van der Waals surface area (Å²) in [4.78, 5) is 0. The van der Waals surface area contributed by atoms with Gasteiger partial charge in [-0.3, -0.25) is 0 Å². The molecule has 1 nitrogen and oxygen atoms in total. The van der Waals surface area contributed by atoms with Crippen LogP contribution in [0, 0.1) is 10.8 Å². The van der Waals surface area contributed by atoms with Gasteiger partial charge in [0.2, 0.25) is 0 Å². The van der Waals surface area contributed by atoms with Crippen molar-refractivity contribution in [2.45, 2.75) is 52.5 Å². The van der Waals surface area contributed by atoms with E-state index in [0.717, 1.165) is 12.8 Å². The van der Waals surface area contributed by atoms with Gasteiger partial charge < -0.3 is 5.73 Å². The molecule has 0 saturated heterocycles. The predicted octanol–water partition coefficient (Wildman–Crippen LogP) is 3.53. The molecular formula is C12H24ClN. The van der Waals surface area contributed by atoms with Gasteiger partial charge in [-0.05, 0) is 30.1 Å². The Labute approximate surface area is 94.6 Å². The molecule has 84 valence electrons. The second kappa shape index (κ2) is 3.86.